The molecule has 2 aliphatic rings. The lowest BCUT2D eigenvalue weighted by Crippen LogP contribution is -2.70. The fourth-order valence-electron chi connectivity index (χ4n) is 4.38. The van der Waals surface area contributed by atoms with E-state index in [1.807, 2.05) is 13.8 Å². The van der Waals surface area contributed by atoms with Crippen molar-refractivity contribution >= 4 is 46.6 Å². The van der Waals surface area contributed by atoms with Gasteiger partial charge in [-0.25, -0.2) is 0 Å². The predicted octanol–water partition coefficient (Wildman–Crippen LogP) is 4.17. The van der Waals surface area contributed by atoms with Gasteiger partial charge >= 0.3 is 0 Å². The minimum absolute atomic E-state index is 0.175. The van der Waals surface area contributed by atoms with E-state index >= 15 is 0 Å². The topological polar surface area (TPSA) is 69.7 Å². The highest BCUT2D eigenvalue weighted by Crippen LogP contribution is 2.44. The minimum atomic E-state index is -1.39. The van der Waals surface area contributed by atoms with Crippen LogP contribution in [0, 0.1) is 0 Å². The molecule has 1 saturated heterocycles. The zero-order valence-corrected chi connectivity index (χ0v) is 18.1. The van der Waals surface area contributed by atoms with Gasteiger partial charge in [-0.3, -0.25) is 19.3 Å². The van der Waals surface area contributed by atoms with Gasteiger partial charge in [-0.2, -0.15) is 0 Å². The van der Waals surface area contributed by atoms with Crippen molar-refractivity contribution in [1.29, 1.82) is 0 Å². The van der Waals surface area contributed by atoms with Crippen molar-refractivity contribution in [2.75, 3.05) is 11.4 Å². The number of carbonyl (C=O) groups is 3. The first-order chi connectivity index (χ1) is 14.3. The molecule has 0 radical (unpaired) electrons. The molecule has 2 aromatic carbocycles. The van der Waals surface area contributed by atoms with Crippen molar-refractivity contribution in [3.63, 3.8) is 0 Å². The lowest BCUT2D eigenvalue weighted by atomic mass is 9.95. The van der Waals surface area contributed by atoms with Crippen molar-refractivity contribution in [2.45, 2.75) is 38.4 Å². The molecule has 6 nitrogen and oxygen atoms in total. The third-order valence-electron chi connectivity index (χ3n) is 5.84. The third-order valence-corrected chi connectivity index (χ3v) is 6.58. The summed E-state index contributed by atoms with van der Waals surface area (Å²) in [7, 11) is 0. The molecular formula is C22H21Cl2N3O3. The maximum atomic E-state index is 13.6. The molecule has 0 spiro atoms. The molecular weight excluding hydrogens is 425 g/mol. The first-order valence-electron chi connectivity index (χ1n) is 9.81. The van der Waals surface area contributed by atoms with Gasteiger partial charge in [0.1, 0.15) is 0 Å². The number of likely N-dealkylation sites (N-methyl/N-ethyl adjacent to an activating group) is 1. The quantitative estimate of drug-likeness (QED) is 0.767. The van der Waals surface area contributed by atoms with E-state index in [4.69, 9.17) is 23.2 Å². The highest BCUT2D eigenvalue weighted by atomic mass is 35.5. The van der Waals surface area contributed by atoms with Crippen LogP contribution in [0.25, 0.3) is 0 Å². The number of para-hydroxylation sites is 1. The Labute approximate surface area is 184 Å². The van der Waals surface area contributed by atoms with Crippen LogP contribution in [0.3, 0.4) is 0 Å². The lowest BCUT2D eigenvalue weighted by molar-refractivity contribution is -0.134. The molecule has 2 heterocycles. The summed E-state index contributed by atoms with van der Waals surface area (Å²) < 4.78 is 0. The van der Waals surface area contributed by atoms with E-state index in [0.717, 1.165) is 5.56 Å². The minimum Gasteiger partial charge on any atom is -0.346 e. The number of anilines is 1. The van der Waals surface area contributed by atoms with E-state index < -0.39 is 17.6 Å². The van der Waals surface area contributed by atoms with Crippen LogP contribution in [0.2, 0.25) is 10.0 Å². The van der Waals surface area contributed by atoms with Gasteiger partial charge in [0.15, 0.2) is 0 Å². The average Bonchev–Trinajstić information content (AvgIpc) is 3.08. The second-order valence-electron chi connectivity index (χ2n) is 7.48. The number of carbonyl (C=O) groups excluding carboxylic acids is 3. The van der Waals surface area contributed by atoms with Crippen LogP contribution in [0.1, 0.15) is 48.7 Å². The zero-order chi connectivity index (χ0) is 21.6. The summed E-state index contributed by atoms with van der Waals surface area (Å²) in [4.78, 5) is 42.7. The Kier molecular flexibility index (Phi) is 5.24. The Morgan fingerprint density at radius 2 is 1.90 bits per heavy atom. The normalized spacial score (nSPS) is 21.3. The Bertz CT molecular complexity index is 1060. The van der Waals surface area contributed by atoms with E-state index in [-0.39, 0.29) is 24.7 Å². The Morgan fingerprint density at radius 3 is 2.60 bits per heavy atom. The van der Waals surface area contributed by atoms with E-state index in [2.05, 4.69) is 5.32 Å². The number of amides is 3. The summed E-state index contributed by atoms with van der Waals surface area (Å²) in [6, 6.07) is 11.7. The number of halogens is 2. The van der Waals surface area contributed by atoms with Crippen LogP contribution >= 0.6 is 23.2 Å². The molecule has 1 N–H and O–H groups in total. The highest BCUT2D eigenvalue weighted by molar-refractivity contribution is 6.42. The molecule has 4 rings (SSSR count). The molecule has 0 unspecified atom stereocenters. The monoisotopic (exact) mass is 445 g/mol. The summed E-state index contributed by atoms with van der Waals surface area (Å²) in [6.45, 7) is 3.93. The predicted molar refractivity (Wildman–Crippen MR) is 116 cm³/mol. The summed E-state index contributed by atoms with van der Waals surface area (Å²) in [5, 5.41) is 3.80. The van der Waals surface area contributed by atoms with Gasteiger partial charge in [-0.05, 0) is 43.7 Å². The second-order valence-corrected chi connectivity index (χ2v) is 8.30. The standard InChI is InChI=1S/C22H21Cl2N3O3/c1-3-26-20(29)15-6-4-5-7-18(15)27-19(28)10-11-22(26,27)21(30)25-13(2)14-8-9-16(23)17(24)12-14/h4-9,12-13H,3,10-11H2,1-2H3,(H,25,30)/t13-,22-/m1/s1. The average molecular weight is 446 g/mol. The fraction of sp³-hybridized carbons (Fsp3) is 0.318. The number of fused-ring (bicyclic) bond motifs is 3. The van der Waals surface area contributed by atoms with Crippen LogP contribution in [-0.4, -0.2) is 34.8 Å². The molecule has 0 saturated carbocycles. The van der Waals surface area contributed by atoms with Gasteiger partial charge in [-0.1, -0.05) is 41.4 Å². The molecule has 8 heteroatoms. The van der Waals surface area contributed by atoms with E-state index in [0.29, 0.717) is 27.8 Å². The lowest BCUT2D eigenvalue weighted by Gasteiger charge is -2.49. The molecule has 2 atom stereocenters. The number of hydrogen-bond acceptors (Lipinski definition) is 3. The maximum absolute atomic E-state index is 13.6. The zero-order valence-electron chi connectivity index (χ0n) is 16.6. The Hall–Kier alpha value is -2.57. The Morgan fingerprint density at radius 1 is 1.17 bits per heavy atom. The highest BCUT2D eigenvalue weighted by Gasteiger charge is 2.60. The van der Waals surface area contributed by atoms with Gasteiger partial charge < -0.3 is 10.2 Å². The summed E-state index contributed by atoms with van der Waals surface area (Å²) in [6.07, 6.45) is 0.423. The summed E-state index contributed by atoms with van der Waals surface area (Å²) in [5.41, 5.74) is 0.292. The first-order valence-corrected chi connectivity index (χ1v) is 10.6. The number of rotatable bonds is 4. The van der Waals surface area contributed by atoms with Gasteiger partial charge in [0, 0.05) is 19.4 Å². The van der Waals surface area contributed by atoms with Crippen LogP contribution in [0.15, 0.2) is 42.5 Å². The molecule has 30 heavy (non-hydrogen) atoms. The van der Waals surface area contributed by atoms with Crippen molar-refractivity contribution in [3.8, 4) is 0 Å². The molecule has 2 aromatic rings. The molecule has 0 aliphatic carbocycles. The van der Waals surface area contributed by atoms with Crippen molar-refractivity contribution < 1.29 is 14.4 Å². The molecule has 156 valence electrons. The molecule has 0 aromatic heterocycles. The van der Waals surface area contributed by atoms with Crippen LogP contribution in [-0.2, 0) is 9.59 Å². The number of benzene rings is 2. The maximum Gasteiger partial charge on any atom is 0.267 e. The molecule has 2 aliphatic heterocycles. The Balaban J connectivity index is 1.75. The van der Waals surface area contributed by atoms with Crippen LogP contribution in [0.5, 0.6) is 0 Å². The molecule has 0 bridgehead atoms. The van der Waals surface area contributed by atoms with Crippen LogP contribution < -0.4 is 10.2 Å². The molecule has 1 fully saturated rings. The third kappa shape index (κ3) is 2.97. The van der Waals surface area contributed by atoms with Crippen molar-refractivity contribution in [2.24, 2.45) is 0 Å². The summed E-state index contributed by atoms with van der Waals surface area (Å²) in [5.74, 6) is -0.821. The van der Waals surface area contributed by atoms with Gasteiger partial charge in [0.2, 0.25) is 11.6 Å². The number of nitrogens with one attached hydrogen (secondary N) is 1. The van der Waals surface area contributed by atoms with E-state index in [1.54, 1.807) is 42.5 Å². The fourth-order valence-corrected chi connectivity index (χ4v) is 4.69. The van der Waals surface area contributed by atoms with Crippen LogP contribution in [0.4, 0.5) is 5.69 Å². The SMILES string of the molecule is CCN1C(=O)c2ccccc2N2C(=O)CC[C@@]12C(=O)N[C@H](C)c1ccc(Cl)c(Cl)c1. The molecule has 3 amide bonds. The van der Waals surface area contributed by atoms with Gasteiger partial charge in [-0.15, -0.1) is 0 Å². The largest absolute Gasteiger partial charge is 0.346 e. The number of nitrogens with zero attached hydrogens (tertiary/aromatic N) is 2. The first kappa shape index (κ1) is 20.7. The summed E-state index contributed by atoms with van der Waals surface area (Å²) >= 11 is 12.1. The van der Waals surface area contributed by atoms with Crippen molar-refractivity contribution in [1.82, 2.24) is 10.2 Å². The van der Waals surface area contributed by atoms with Gasteiger partial charge in [0.25, 0.3) is 11.8 Å². The van der Waals surface area contributed by atoms with Gasteiger partial charge in [0.05, 0.1) is 27.3 Å². The smallest absolute Gasteiger partial charge is 0.267 e. The number of hydrogen-bond donors (Lipinski definition) is 1. The van der Waals surface area contributed by atoms with E-state index in [1.165, 1.54) is 9.80 Å². The van der Waals surface area contributed by atoms with E-state index in [9.17, 15) is 14.4 Å². The van der Waals surface area contributed by atoms with Crippen molar-refractivity contribution in [3.05, 3.63) is 63.6 Å². The second kappa shape index (κ2) is 7.60.